The lowest BCUT2D eigenvalue weighted by atomic mass is 10.0. The highest BCUT2D eigenvalue weighted by Gasteiger charge is 2.39. The minimum absolute atomic E-state index is 0.00855. The molecule has 2 fully saturated rings. The molecule has 0 spiro atoms. The molecule has 0 aliphatic carbocycles. The smallest absolute Gasteiger partial charge is 0.273 e. The van der Waals surface area contributed by atoms with Gasteiger partial charge in [-0.3, -0.25) is 15.0 Å². The second-order valence-corrected chi connectivity index (χ2v) is 9.38. The third-order valence-electron chi connectivity index (χ3n) is 5.78. The van der Waals surface area contributed by atoms with Crippen LogP contribution in [0, 0.1) is 10.1 Å². The van der Waals surface area contributed by atoms with Gasteiger partial charge < -0.3 is 4.74 Å². The number of methoxy groups -OCH3 is 1. The minimum atomic E-state index is -3.79. The molecule has 3 rings (SSSR count). The minimum Gasteiger partial charge on any atom is -0.495 e. The summed E-state index contributed by atoms with van der Waals surface area (Å²) in [7, 11) is -2.46. The number of piperidine rings is 1. The van der Waals surface area contributed by atoms with E-state index in [2.05, 4.69) is 18.7 Å². The van der Waals surface area contributed by atoms with Gasteiger partial charge in [0.25, 0.3) is 5.69 Å². The van der Waals surface area contributed by atoms with Crippen molar-refractivity contribution < 1.29 is 18.1 Å². The Morgan fingerprint density at radius 2 is 1.85 bits per heavy atom. The van der Waals surface area contributed by atoms with Crippen molar-refractivity contribution >= 4 is 15.7 Å². The summed E-state index contributed by atoms with van der Waals surface area (Å²) >= 11 is 0. The summed E-state index contributed by atoms with van der Waals surface area (Å²) < 4.78 is 33.1. The lowest BCUT2D eigenvalue weighted by molar-refractivity contribution is -0.385. The van der Waals surface area contributed by atoms with Crippen molar-refractivity contribution in [2.45, 2.75) is 62.6 Å². The van der Waals surface area contributed by atoms with E-state index in [9.17, 15) is 18.5 Å². The van der Waals surface area contributed by atoms with E-state index in [1.54, 1.807) is 0 Å². The van der Waals surface area contributed by atoms with Crippen LogP contribution in [0.5, 0.6) is 5.75 Å². The zero-order valence-corrected chi connectivity index (χ0v) is 16.8. The summed E-state index contributed by atoms with van der Waals surface area (Å²) in [4.78, 5) is 12.8. The molecule has 0 N–H and O–H groups in total. The normalized spacial score (nSPS) is 27.6. The largest absolute Gasteiger partial charge is 0.495 e. The molecule has 3 atom stereocenters. The van der Waals surface area contributed by atoms with E-state index in [1.165, 1.54) is 29.6 Å². The Bertz CT molecular complexity index is 803. The van der Waals surface area contributed by atoms with Crippen molar-refractivity contribution in [2.75, 3.05) is 20.2 Å². The molecule has 0 amide bonds. The number of nitro benzene ring substituents is 1. The van der Waals surface area contributed by atoms with E-state index in [0.717, 1.165) is 25.7 Å². The summed E-state index contributed by atoms with van der Waals surface area (Å²) in [5, 5.41) is 11.0. The van der Waals surface area contributed by atoms with Gasteiger partial charge >= 0.3 is 0 Å². The second kappa shape index (κ2) is 7.73. The summed E-state index contributed by atoms with van der Waals surface area (Å²) in [6.07, 6.45) is 4.06. The molecule has 9 heteroatoms. The maximum absolute atomic E-state index is 13.2. The number of nitrogens with zero attached hydrogens (tertiary/aromatic N) is 3. The van der Waals surface area contributed by atoms with Gasteiger partial charge in [0.1, 0.15) is 10.6 Å². The van der Waals surface area contributed by atoms with Crippen LogP contribution >= 0.6 is 0 Å². The molecule has 27 heavy (non-hydrogen) atoms. The fourth-order valence-electron chi connectivity index (χ4n) is 4.44. The highest BCUT2D eigenvalue weighted by molar-refractivity contribution is 7.89. The molecule has 0 aromatic heterocycles. The fraction of sp³-hybridized carbons (Fsp3) is 0.667. The molecule has 1 aromatic rings. The molecule has 0 bridgehead atoms. The van der Waals surface area contributed by atoms with Gasteiger partial charge in [-0.15, -0.1) is 0 Å². The predicted molar refractivity (Wildman–Crippen MR) is 101 cm³/mol. The highest BCUT2D eigenvalue weighted by atomic mass is 32.2. The van der Waals surface area contributed by atoms with Crippen LogP contribution in [0.25, 0.3) is 0 Å². The Hall–Kier alpha value is -1.71. The number of non-ortho nitro benzene ring substituents is 1. The molecule has 0 radical (unpaired) electrons. The third kappa shape index (κ3) is 3.81. The monoisotopic (exact) mass is 397 g/mol. The molecule has 2 saturated heterocycles. The molecule has 150 valence electrons. The van der Waals surface area contributed by atoms with Gasteiger partial charge in [0, 0.05) is 37.3 Å². The zero-order chi connectivity index (χ0) is 19.8. The van der Waals surface area contributed by atoms with Gasteiger partial charge in [0.2, 0.25) is 10.0 Å². The van der Waals surface area contributed by atoms with Gasteiger partial charge in [0.15, 0.2) is 0 Å². The molecule has 2 heterocycles. The van der Waals surface area contributed by atoms with E-state index < -0.39 is 14.9 Å². The van der Waals surface area contributed by atoms with Gasteiger partial charge in [-0.05, 0) is 45.6 Å². The summed E-state index contributed by atoms with van der Waals surface area (Å²) in [5.41, 5.74) is -0.193. The molecule has 0 saturated carbocycles. The first-order valence-electron chi connectivity index (χ1n) is 9.35. The first-order valence-corrected chi connectivity index (χ1v) is 10.8. The number of hydrogen-bond acceptors (Lipinski definition) is 6. The van der Waals surface area contributed by atoms with Gasteiger partial charge in [-0.25, -0.2) is 8.42 Å². The van der Waals surface area contributed by atoms with Crippen LogP contribution < -0.4 is 4.74 Å². The Kier molecular flexibility index (Phi) is 5.73. The van der Waals surface area contributed by atoms with Crippen LogP contribution in [-0.4, -0.2) is 60.9 Å². The fourth-order valence-corrected chi connectivity index (χ4v) is 6.09. The lowest BCUT2D eigenvalue weighted by Gasteiger charge is -2.41. The van der Waals surface area contributed by atoms with Crippen LogP contribution in [0.2, 0.25) is 0 Å². The number of hydrogen-bond donors (Lipinski definition) is 0. The Morgan fingerprint density at radius 3 is 2.44 bits per heavy atom. The van der Waals surface area contributed by atoms with Crippen molar-refractivity contribution in [2.24, 2.45) is 0 Å². The van der Waals surface area contributed by atoms with Crippen LogP contribution in [0.1, 0.15) is 39.5 Å². The van der Waals surface area contributed by atoms with Crippen LogP contribution in [0.4, 0.5) is 5.69 Å². The van der Waals surface area contributed by atoms with Gasteiger partial charge in [0.05, 0.1) is 18.1 Å². The Morgan fingerprint density at radius 1 is 1.19 bits per heavy atom. The molecular weight excluding hydrogens is 370 g/mol. The molecule has 8 nitrogen and oxygen atoms in total. The Labute approximate surface area is 160 Å². The maximum Gasteiger partial charge on any atom is 0.273 e. The molecule has 2 aliphatic rings. The Balaban J connectivity index is 1.87. The highest BCUT2D eigenvalue weighted by Crippen LogP contribution is 2.34. The summed E-state index contributed by atoms with van der Waals surface area (Å²) in [6, 6.07) is 4.77. The van der Waals surface area contributed by atoms with Crippen molar-refractivity contribution in [3.8, 4) is 5.75 Å². The van der Waals surface area contributed by atoms with E-state index in [0.29, 0.717) is 25.2 Å². The summed E-state index contributed by atoms with van der Waals surface area (Å²) in [6.45, 7) is 5.30. The van der Waals surface area contributed by atoms with E-state index in [4.69, 9.17) is 4.74 Å². The van der Waals surface area contributed by atoms with Crippen molar-refractivity contribution in [3.05, 3.63) is 28.3 Å². The summed E-state index contributed by atoms with van der Waals surface area (Å²) in [5.74, 6) is 0.00855. The van der Waals surface area contributed by atoms with Gasteiger partial charge in [-0.2, -0.15) is 4.31 Å². The van der Waals surface area contributed by atoms with Crippen molar-refractivity contribution in [3.63, 3.8) is 0 Å². The zero-order valence-electron chi connectivity index (χ0n) is 16.0. The predicted octanol–water partition coefficient (Wildman–Crippen LogP) is 2.63. The van der Waals surface area contributed by atoms with E-state index in [1.807, 2.05) is 0 Å². The molecule has 3 unspecified atom stereocenters. The number of sulfonamides is 1. The molecule has 1 aromatic carbocycles. The maximum atomic E-state index is 13.2. The number of rotatable bonds is 5. The van der Waals surface area contributed by atoms with Crippen molar-refractivity contribution in [1.82, 2.24) is 9.21 Å². The third-order valence-corrected chi connectivity index (χ3v) is 7.68. The van der Waals surface area contributed by atoms with E-state index in [-0.39, 0.29) is 22.4 Å². The molecule has 2 aliphatic heterocycles. The van der Waals surface area contributed by atoms with Crippen LogP contribution in [-0.2, 0) is 10.0 Å². The first kappa shape index (κ1) is 20.0. The lowest BCUT2D eigenvalue weighted by Crippen LogP contribution is -2.52. The number of ether oxygens (including phenoxy) is 1. The van der Waals surface area contributed by atoms with E-state index >= 15 is 0 Å². The topological polar surface area (TPSA) is 93.0 Å². The van der Waals surface area contributed by atoms with Crippen molar-refractivity contribution in [1.29, 1.82) is 0 Å². The average Bonchev–Trinajstić information content (AvgIpc) is 2.99. The standard InChI is InChI=1S/C18H27N3O5S/c1-13-6-7-14(2)20(13)16-5-4-10-19(12-16)27(24,25)18-9-8-15(21(22)23)11-17(18)26-3/h8-9,11,13-14,16H,4-7,10,12H2,1-3H3. The van der Waals surface area contributed by atoms with Crippen LogP contribution in [0.3, 0.4) is 0 Å². The van der Waals surface area contributed by atoms with Crippen LogP contribution in [0.15, 0.2) is 23.1 Å². The number of benzene rings is 1. The van der Waals surface area contributed by atoms with Gasteiger partial charge in [-0.1, -0.05) is 0 Å². The second-order valence-electron chi connectivity index (χ2n) is 7.47. The average molecular weight is 397 g/mol. The quantitative estimate of drug-likeness (QED) is 0.560. The number of nitro groups is 1. The SMILES string of the molecule is COc1cc([N+](=O)[O-])ccc1S(=O)(=O)N1CCCC(N2C(C)CCC2C)C1. The number of likely N-dealkylation sites (tertiary alicyclic amines) is 1. The first-order chi connectivity index (χ1) is 12.8. The molecular formula is C18H27N3O5S.